The molecule has 0 aliphatic rings. The molecule has 0 radical (unpaired) electrons. The van der Waals surface area contributed by atoms with Gasteiger partial charge in [-0.05, 0) is 48.9 Å². The van der Waals surface area contributed by atoms with Crippen LogP contribution in [0.5, 0.6) is 11.5 Å². The number of hydrogen-bond donors (Lipinski definition) is 0. The maximum absolute atomic E-state index is 11.3. The molecule has 30 heavy (non-hydrogen) atoms. The molecular formula is C20H13Cl2N3O5. The summed E-state index contributed by atoms with van der Waals surface area (Å²) in [5.41, 5.74) is 1.03. The predicted octanol–water partition coefficient (Wildman–Crippen LogP) is 6.66. The Labute approximate surface area is 180 Å². The minimum atomic E-state index is -0.749. The monoisotopic (exact) mass is 445 g/mol. The average molecular weight is 446 g/mol. The molecule has 0 unspecified atom stereocenters. The highest BCUT2D eigenvalue weighted by molar-refractivity contribution is 6.31. The lowest BCUT2D eigenvalue weighted by atomic mass is 10.2. The van der Waals surface area contributed by atoms with E-state index in [1.54, 1.807) is 24.3 Å². The number of nitro benzene ring substituents is 2. The number of nitro groups is 2. The van der Waals surface area contributed by atoms with E-state index in [-0.39, 0.29) is 11.5 Å². The third kappa shape index (κ3) is 4.91. The van der Waals surface area contributed by atoms with E-state index in [4.69, 9.17) is 27.9 Å². The molecule has 152 valence electrons. The number of aliphatic imine (C=N–C) groups is 1. The summed E-state index contributed by atoms with van der Waals surface area (Å²) in [7, 11) is 0. The summed E-state index contributed by atoms with van der Waals surface area (Å²) >= 11 is 12.1. The van der Waals surface area contributed by atoms with Gasteiger partial charge in [-0.2, -0.15) is 0 Å². The normalized spacial score (nSPS) is 10.9. The van der Waals surface area contributed by atoms with Crippen molar-refractivity contribution in [2.45, 2.75) is 6.92 Å². The smallest absolute Gasteiger partial charge is 0.318 e. The highest BCUT2D eigenvalue weighted by Crippen LogP contribution is 2.36. The van der Waals surface area contributed by atoms with Gasteiger partial charge in [0.2, 0.25) is 5.75 Å². The van der Waals surface area contributed by atoms with Crippen LogP contribution in [0.2, 0.25) is 10.0 Å². The zero-order valence-corrected chi connectivity index (χ0v) is 16.9. The van der Waals surface area contributed by atoms with E-state index < -0.39 is 21.2 Å². The van der Waals surface area contributed by atoms with Gasteiger partial charge in [-0.1, -0.05) is 29.3 Å². The molecule has 0 saturated heterocycles. The molecule has 0 aliphatic carbocycles. The van der Waals surface area contributed by atoms with Gasteiger partial charge in [-0.15, -0.1) is 0 Å². The fourth-order valence-electron chi connectivity index (χ4n) is 2.54. The van der Waals surface area contributed by atoms with Gasteiger partial charge >= 0.3 is 5.69 Å². The van der Waals surface area contributed by atoms with Crippen LogP contribution >= 0.6 is 23.2 Å². The topological polar surface area (TPSA) is 108 Å². The molecule has 0 N–H and O–H groups in total. The van der Waals surface area contributed by atoms with E-state index in [0.717, 1.165) is 17.7 Å². The second kappa shape index (κ2) is 8.89. The summed E-state index contributed by atoms with van der Waals surface area (Å²) in [6.07, 6.45) is 1.50. The van der Waals surface area contributed by atoms with E-state index in [0.29, 0.717) is 21.3 Å². The van der Waals surface area contributed by atoms with Crippen molar-refractivity contribution >= 4 is 46.5 Å². The van der Waals surface area contributed by atoms with E-state index in [9.17, 15) is 20.2 Å². The van der Waals surface area contributed by atoms with Crippen LogP contribution in [0.4, 0.5) is 17.1 Å². The summed E-state index contributed by atoms with van der Waals surface area (Å²) in [5, 5.41) is 23.2. The molecule has 0 saturated carbocycles. The highest BCUT2D eigenvalue weighted by Gasteiger charge is 2.22. The molecule has 0 amide bonds. The van der Waals surface area contributed by atoms with Crippen molar-refractivity contribution in [2.24, 2.45) is 4.99 Å². The number of halogens is 2. The van der Waals surface area contributed by atoms with Crippen LogP contribution in [0.15, 0.2) is 59.6 Å². The number of hydrogen-bond acceptors (Lipinski definition) is 6. The highest BCUT2D eigenvalue weighted by atomic mass is 35.5. The zero-order valence-electron chi connectivity index (χ0n) is 15.4. The lowest BCUT2D eigenvalue weighted by molar-refractivity contribution is -0.394. The van der Waals surface area contributed by atoms with Crippen molar-refractivity contribution in [3.63, 3.8) is 0 Å². The van der Waals surface area contributed by atoms with Crippen molar-refractivity contribution in [1.82, 2.24) is 0 Å². The van der Waals surface area contributed by atoms with Crippen molar-refractivity contribution in [1.29, 1.82) is 0 Å². The first-order valence-electron chi connectivity index (χ1n) is 8.45. The molecule has 10 heteroatoms. The minimum absolute atomic E-state index is 0.151. The fraction of sp³-hybridized carbons (Fsp3) is 0.0500. The molecule has 3 aromatic rings. The second-order valence-corrected chi connectivity index (χ2v) is 7.01. The number of benzene rings is 3. The van der Waals surface area contributed by atoms with Crippen LogP contribution in [-0.4, -0.2) is 16.1 Å². The van der Waals surface area contributed by atoms with Gasteiger partial charge < -0.3 is 4.74 Å². The Kier molecular flexibility index (Phi) is 6.29. The van der Waals surface area contributed by atoms with E-state index >= 15 is 0 Å². The lowest BCUT2D eigenvalue weighted by Gasteiger charge is -2.10. The van der Waals surface area contributed by atoms with Crippen molar-refractivity contribution < 1.29 is 14.6 Å². The summed E-state index contributed by atoms with van der Waals surface area (Å²) in [6, 6.07) is 13.1. The SMILES string of the molecule is Cc1ccc(Cl)cc1N=Cc1cc(Cl)ccc1Oc1ccc([N+](=O)[O-])cc1[N+](=O)[O-]. The largest absolute Gasteiger partial charge is 0.449 e. The van der Waals surface area contributed by atoms with Gasteiger partial charge in [0.25, 0.3) is 5.69 Å². The summed E-state index contributed by atoms with van der Waals surface area (Å²) in [4.78, 5) is 25.2. The Balaban J connectivity index is 2.00. The molecule has 0 aliphatic heterocycles. The summed E-state index contributed by atoms with van der Waals surface area (Å²) in [6.45, 7) is 1.87. The Morgan fingerprint density at radius 1 is 0.900 bits per heavy atom. The minimum Gasteiger partial charge on any atom is -0.449 e. The van der Waals surface area contributed by atoms with Crippen LogP contribution in [0.1, 0.15) is 11.1 Å². The first-order chi connectivity index (χ1) is 14.2. The molecule has 3 aromatic carbocycles. The van der Waals surface area contributed by atoms with Gasteiger partial charge in [0.05, 0.1) is 21.6 Å². The Bertz CT molecular complexity index is 1180. The number of nitrogens with zero attached hydrogens (tertiary/aromatic N) is 3. The van der Waals surface area contributed by atoms with Gasteiger partial charge in [-0.3, -0.25) is 25.2 Å². The fourth-order valence-corrected chi connectivity index (χ4v) is 2.89. The molecule has 0 atom stereocenters. The molecule has 0 bridgehead atoms. The average Bonchev–Trinajstić information content (AvgIpc) is 2.70. The lowest BCUT2D eigenvalue weighted by Crippen LogP contribution is -1.97. The second-order valence-electron chi connectivity index (χ2n) is 6.14. The third-order valence-corrected chi connectivity index (χ3v) is 4.53. The third-order valence-electron chi connectivity index (χ3n) is 4.06. The van der Waals surface area contributed by atoms with E-state index in [2.05, 4.69) is 4.99 Å². The number of rotatable bonds is 6. The molecule has 3 rings (SSSR count). The van der Waals surface area contributed by atoms with Gasteiger partial charge in [0, 0.05) is 27.9 Å². The van der Waals surface area contributed by atoms with Gasteiger partial charge in [0.1, 0.15) is 5.75 Å². The summed E-state index contributed by atoms with van der Waals surface area (Å²) < 4.78 is 5.69. The molecular weight excluding hydrogens is 433 g/mol. The standard InChI is InChI=1S/C20H13Cl2N3O5/c1-12-2-3-15(22)9-17(12)23-11-13-8-14(21)4-6-19(13)30-20-7-5-16(24(26)27)10-18(20)25(28)29/h2-11H,1H3. The Morgan fingerprint density at radius 2 is 1.57 bits per heavy atom. The zero-order chi connectivity index (χ0) is 21.8. The van der Waals surface area contributed by atoms with Crippen LogP contribution in [0, 0.1) is 27.2 Å². The maximum Gasteiger partial charge on any atom is 0.318 e. The number of non-ortho nitro benzene ring substituents is 1. The summed E-state index contributed by atoms with van der Waals surface area (Å²) in [5.74, 6) is 0.0845. The van der Waals surface area contributed by atoms with Gasteiger partial charge in [-0.25, -0.2) is 0 Å². The number of ether oxygens (including phenoxy) is 1. The first-order valence-corrected chi connectivity index (χ1v) is 9.20. The van der Waals surface area contributed by atoms with E-state index in [1.165, 1.54) is 18.3 Å². The van der Waals surface area contributed by atoms with Crippen LogP contribution < -0.4 is 4.74 Å². The van der Waals surface area contributed by atoms with Crippen LogP contribution in [0.3, 0.4) is 0 Å². The molecule has 0 heterocycles. The Hall–Kier alpha value is -3.49. The van der Waals surface area contributed by atoms with Crippen LogP contribution in [0.25, 0.3) is 0 Å². The number of aryl methyl sites for hydroxylation is 1. The first kappa shape index (κ1) is 21.2. The van der Waals surface area contributed by atoms with Gasteiger partial charge in [0.15, 0.2) is 0 Å². The molecule has 0 spiro atoms. The quantitative estimate of drug-likeness (QED) is 0.239. The van der Waals surface area contributed by atoms with E-state index in [1.807, 2.05) is 13.0 Å². The van der Waals surface area contributed by atoms with Crippen molar-refractivity contribution in [3.05, 3.63) is 96.0 Å². The Morgan fingerprint density at radius 3 is 2.27 bits per heavy atom. The van der Waals surface area contributed by atoms with Crippen LogP contribution in [-0.2, 0) is 0 Å². The molecule has 0 fully saturated rings. The van der Waals surface area contributed by atoms with Crippen molar-refractivity contribution in [2.75, 3.05) is 0 Å². The maximum atomic E-state index is 11.3. The van der Waals surface area contributed by atoms with Crippen molar-refractivity contribution in [3.8, 4) is 11.5 Å². The molecule has 0 aromatic heterocycles. The molecule has 8 nitrogen and oxygen atoms in total. The predicted molar refractivity (Wildman–Crippen MR) is 115 cm³/mol.